The van der Waals surface area contributed by atoms with Crippen LogP contribution in [-0.4, -0.2) is 32.7 Å². The fraction of sp³-hybridized carbons (Fsp3) is 0.500. The van der Waals surface area contributed by atoms with Gasteiger partial charge in [-0.15, -0.1) is 0 Å². The van der Waals surface area contributed by atoms with Gasteiger partial charge >= 0.3 is 0 Å². The van der Waals surface area contributed by atoms with Crippen molar-refractivity contribution in [1.82, 2.24) is 9.97 Å². The van der Waals surface area contributed by atoms with Crippen molar-refractivity contribution in [1.29, 1.82) is 0 Å². The van der Waals surface area contributed by atoms with Crippen LogP contribution in [-0.2, 0) is 10.8 Å². The second kappa shape index (κ2) is 5.54. The summed E-state index contributed by atoms with van der Waals surface area (Å²) in [5, 5.41) is 3.06. The van der Waals surface area contributed by atoms with E-state index in [4.69, 9.17) is 5.73 Å². The summed E-state index contributed by atoms with van der Waals surface area (Å²) in [6.45, 7) is 0.748. The summed E-state index contributed by atoms with van der Waals surface area (Å²) in [5.74, 6) is 1.81. The molecule has 3 N–H and O–H groups in total. The minimum absolute atomic E-state index is 0.408. The predicted molar refractivity (Wildman–Crippen MR) is 58.5 cm³/mol. The van der Waals surface area contributed by atoms with Gasteiger partial charge in [0, 0.05) is 29.4 Å². The molecule has 1 atom stereocenters. The quantitative estimate of drug-likeness (QED) is 0.686. The standard InChI is InChI=1S/C8H14N4OS/c1-14(13)4-2-3-10-8-6-11-7(9)5-12-8/h5-6H,2-4H2,1H3,(H2,9,11)(H,10,12). The Morgan fingerprint density at radius 1 is 1.50 bits per heavy atom. The van der Waals surface area contributed by atoms with Crippen molar-refractivity contribution in [2.24, 2.45) is 0 Å². The van der Waals surface area contributed by atoms with E-state index in [-0.39, 0.29) is 0 Å². The Labute approximate surface area is 85.6 Å². The molecule has 0 fully saturated rings. The van der Waals surface area contributed by atoms with Crippen LogP contribution in [0.2, 0.25) is 0 Å². The van der Waals surface area contributed by atoms with Crippen LogP contribution in [0, 0.1) is 0 Å². The lowest BCUT2D eigenvalue weighted by atomic mass is 10.5. The molecule has 0 radical (unpaired) electrons. The number of nitrogen functional groups attached to an aromatic ring is 1. The summed E-state index contributed by atoms with van der Waals surface area (Å²) >= 11 is 0. The SMILES string of the molecule is CS(=O)CCCNc1cnc(N)cn1. The number of anilines is 2. The van der Waals surface area contributed by atoms with Gasteiger partial charge in [0.1, 0.15) is 11.6 Å². The molecule has 1 aromatic heterocycles. The zero-order chi connectivity index (χ0) is 10.4. The normalized spacial score (nSPS) is 12.4. The Morgan fingerprint density at radius 2 is 2.29 bits per heavy atom. The van der Waals surface area contributed by atoms with E-state index in [1.54, 1.807) is 12.5 Å². The average Bonchev–Trinajstić information content (AvgIpc) is 2.15. The van der Waals surface area contributed by atoms with Gasteiger partial charge in [-0.3, -0.25) is 4.21 Å². The lowest BCUT2D eigenvalue weighted by Gasteiger charge is -2.03. The van der Waals surface area contributed by atoms with Gasteiger partial charge in [0.05, 0.1) is 12.4 Å². The molecule has 0 saturated heterocycles. The summed E-state index contributed by atoms with van der Waals surface area (Å²) in [6.07, 6.45) is 5.64. The highest BCUT2D eigenvalue weighted by Crippen LogP contribution is 2.01. The number of nitrogens with two attached hydrogens (primary N) is 1. The Bertz CT molecular complexity index is 301. The second-order valence-electron chi connectivity index (χ2n) is 2.88. The van der Waals surface area contributed by atoms with Gasteiger partial charge in [-0.05, 0) is 6.42 Å². The van der Waals surface area contributed by atoms with E-state index in [0.717, 1.165) is 13.0 Å². The average molecular weight is 214 g/mol. The molecule has 78 valence electrons. The van der Waals surface area contributed by atoms with E-state index >= 15 is 0 Å². The fourth-order valence-electron chi connectivity index (χ4n) is 0.921. The molecule has 0 aliphatic carbocycles. The summed E-state index contributed by atoms with van der Waals surface area (Å²) in [6, 6.07) is 0. The van der Waals surface area contributed by atoms with Crippen molar-refractivity contribution < 1.29 is 4.21 Å². The molecule has 5 nitrogen and oxygen atoms in total. The Kier molecular flexibility index (Phi) is 4.31. The number of aromatic nitrogens is 2. The maximum Gasteiger partial charge on any atom is 0.144 e. The van der Waals surface area contributed by atoms with Crippen LogP contribution in [0.4, 0.5) is 11.6 Å². The van der Waals surface area contributed by atoms with Gasteiger partial charge in [0.25, 0.3) is 0 Å². The first-order valence-electron chi connectivity index (χ1n) is 4.30. The number of nitrogens with zero attached hydrogens (tertiary/aromatic N) is 2. The van der Waals surface area contributed by atoms with E-state index in [1.165, 1.54) is 6.20 Å². The molecule has 6 heteroatoms. The van der Waals surface area contributed by atoms with E-state index < -0.39 is 10.8 Å². The van der Waals surface area contributed by atoms with Crippen LogP contribution >= 0.6 is 0 Å². The summed E-state index contributed by atoms with van der Waals surface area (Å²) in [4.78, 5) is 7.91. The topological polar surface area (TPSA) is 80.9 Å². The first kappa shape index (κ1) is 10.9. The lowest BCUT2D eigenvalue weighted by molar-refractivity contribution is 0.685. The smallest absolute Gasteiger partial charge is 0.144 e. The second-order valence-corrected chi connectivity index (χ2v) is 4.44. The summed E-state index contributed by atoms with van der Waals surface area (Å²) in [7, 11) is -0.723. The number of rotatable bonds is 5. The van der Waals surface area contributed by atoms with Gasteiger partial charge in [0.15, 0.2) is 0 Å². The molecule has 1 unspecified atom stereocenters. The fourth-order valence-corrected chi connectivity index (χ4v) is 1.47. The molecule has 1 aromatic rings. The molecule has 1 heterocycles. The van der Waals surface area contributed by atoms with Crippen molar-refractivity contribution >= 4 is 22.4 Å². The van der Waals surface area contributed by atoms with Crippen molar-refractivity contribution in [3.8, 4) is 0 Å². The highest BCUT2D eigenvalue weighted by molar-refractivity contribution is 7.84. The summed E-state index contributed by atoms with van der Waals surface area (Å²) < 4.78 is 10.7. The van der Waals surface area contributed by atoms with Crippen molar-refractivity contribution in [3.05, 3.63) is 12.4 Å². The van der Waals surface area contributed by atoms with E-state index in [1.807, 2.05) is 0 Å². The van der Waals surface area contributed by atoms with Crippen molar-refractivity contribution in [2.75, 3.05) is 29.6 Å². The third-order valence-electron chi connectivity index (χ3n) is 1.59. The van der Waals surface area contributed by atoms with Crippen molar-refractivity contribution in [2.45, 2.75) is 6.42 Å². The first-order chi connectivity index (χ1) is 6.68. The minimum Gasteiger partial charge on any atom is -0.382 e. The Morgan fingerprint density at radius 3 is 2.86 bits per heavy atom. The van der Waals surface area contributed by atoms with Crippen LogP contribution in [0.15, 0.2) is 12.4 Å². The van der Waals surface area contributed by atoms with Crippen LogP contribution in [0.3, 0.4) is 0 Å². The van der Waals surface area contributed by atoms with Gasteiger partial charge < -0.3 is 11.1 Å². The highest BCUT2D eigenvalue weighted by Gasteiger charge is 1.94. The van der Waals surface area contributed by atoms with Gasteiger partial charge in [-0.25, -0.2) is 9.97 Å². The number of nitrogens with one attached hydrogen (secondary N) is 1. The molecule has 0 spiro atoms. The van der Waals surface area contributed by atoms with E-state index in [0.29, 0.717) is 17.4 Å². The van der Waals surface area contributed by atoms with Crippen molar-refractivity contribution in [3.63, 3.8) is 0 Å². The highest BCUT2D eigenvalue weighted by atomic mass is 32.2. The van der Waals surface area contributed by atoms with Gasteiger partial charge in [0.2, 0.25) is 0 Å². The lowest BCUT2D eigenvalue weighted by Crippen LogP contribution is -2.07. The maximum atomic E-state index is 10.7. The van der Waals surface area contributed by atoms with Crippen LogP contribution in [0.5, 0.6) is 0 Å². The third kappa shape index (κ3) is 4.18. The largest absolute Gasteiger partial charge is 0.382 e. The van der Waals surface area contributed by atoms with E-state index in [2.05, 4.69) is 15.3 Å². The zero-order valence-corrected chi connectivity index (χ0v) is 8.88. The first-order valence-corrected chi connectivity index (χ1v) is 6.02. The van der Waals surface area contributed by atoms with Gasteiger partial charge in [-0.1, -0.05) is 0 Å². The molecular formula is C8H14N4OS. The predicted octanol–water partition coefficient (Wildman–Crippen LogP) is 0.239. The van der Waals surface area contributed by atoms with Crippen LogP contribution in [0.25, 0.3) is 0 Å². The maximum absolute atomic E-state index is 10.7. The molecule has 0 amide bonds. The molecule has 14 heavy (non-hydrogen) atoms. The molecule has 0 bridgehead atoms. The minimum atomic E-state index is -0.723. The third-order valence-corrected chi connectivity index (χ3v) is 2.45. The molecular weight excluding hydrogens is 200 g/mol. The summed E-state index contributed by atoms with van der Waals surface area (Å²) in [5.41, 5.74) is 5.38. The molecule has 0 saturated carbocycles. The molecule has 0 aliphatic rings. The Hall–Kier alpha value is -1.17. The van der Waals surface area contributed by atoms with Gasteiger partial charge in [-0.2, -0.15) is 0 Å². The Balaban J connectivity index is 2.25. The number of hydrogen-bond donors (Lipinski definition) is 2. The van der Waals surface area contributed by atoms with Crippen LogP contribution < -0.4 is 11.1 Å². The zero-order valence-electron chi connectivity index (χ0n) is 8.06. The van der Waals surface area contributed by atoms with Crippen LogP contribution in [0.1, 0.15) is 6.42 Å². The van der Waals surface area contributed by atoms with E-state index in [9.17, 15) is 4.21 Å². The monoisotopic (exact) mass is 214 g/mol. The number of hydrogen-bond acceptors (Lipinski definition) is 5. The molecule has 0 aromatic carbocycles. The molecule has 0 aliphatic heterocycles. The molecule has 1 rings (SSSR count).